The Morgan fingerprint density at radius 1 is 0.923 bits per heavy atom. The molecule has 0 bridgehead atoms. The molecule has 0 aromatic rings. The molecule has 0 spiro atoms. The molecule has 0 aliphatic rings. The second-order valence-corrected chi connectivity index (χ2v) is 5.08. The van der Waals surface area contributed by atoms with E-state index in [1.807, 2.05) is 0 Å². The molecule has 0 saturated carbocycles. The van der Waals surface area contributed by atoms with Gasteiger partial charge in [-0.1, -0.05) is 25.7 Å². The molecule has 4 heteroatoms. The molecule has 0 rings (SSSR count). The first-order valence-electron chi connectivity index (χ1n) is 4.89. The summed E-state index contributed by atoms with van der Waals surface area (Å²) in [6.07, 6.45) is 5.69. The molecule has 79 valence electrons. The van der Waals surface area contributed by atoms with E-state index < -0.39 is 9.28 Å². The zero-order chi connectivity index (χ0) is 9.94. The van der Waals surface area contributed by atoms with Crippen LogP contribution in [-0.4, -0.2) is 35.2 Å². The van der Waals surface area contributed by atoms with E-state index in [4.69, 9.17) is 14.0 Å². The number of hydrogen-bond acceptors (Lipinski definition) is 3. The maximum absolute atomic E-state index is 8.55. The molecule has 3 nitrogen and oxygen atoms in total. The summed E-state index contributed by atoms with van der Waals surface area (Å²) in [5, 5.41) is 8.55. The fraction of sp³-hybridized carbons (Fsp3) is 1.00. The number of rotatable bonds is 9. The van der Waals surface area contributed by atoms with Crippen LogP contribution in [0.5, 0.6) is 0 Å². The lowest BCUT2D eigenvalue weighted by molar-refractivity contribution is 0.274. The molecule has 1 N–H and O–H groups in total. The van der Waals surface area contributed by atoms with Gasteiger partial charge in [-0.05, 0) is 12.5 Å². The highest BCUT2D eigenvalue weighted by molar-refractivity contribution is 6.44. The van der Waals surface area contributed by atoms with Crippen molar-refractivity contribution in [1.82, 2.24) is 0 Å². The average molecular weight is 205 g/mol. The minimum absolute atomic E-state index is 0.325. The van der Waals surface area contributed by atoms with Crippen molar-refractivity contribution in [1.29, 1.82) is 0 Å². The van der Waals surface area contributed by atoms with Crippen molar-refractivity contribution >= 4 is 9.28 Å². The normalized spacial score (nSPS) is 11.1. The van der Waals surface area contributed by atoms with Crippen LogP contribution >= 0.6 is 0 Å². The van der Waals surface area contributed by atoms with Crippen molar-refractivity contribution in [2.24, 2.45) is 0 Å². The largest absolute Gasteiger partial charge is 0.397 e. The molecular formula is C9H21O3Si. The van der Waals surface area contributed by atoms with Gasteiger partial charge in [0.1, 0.15) is 0 Å². The first kappa shape index (κ1) is 13.1. The van der Waals surface area contributed by atoms with Crippen molar-refractivity contribution in [2.45, 2.75) is 38.1 Å². The zero-order valence-corrected chi connectivity index (χ0v) is 9.71. The van der Waals surface area contributed by atoms with Crippen LogP contribution in [0.2, 0.25) is 6.04 Å². The summed E-state index contributed by atoms with van der Waals surface area (Å²) < 4.78 is 10.3. The van der Waals surface area contributed by atoms with Crippen LogP contribution in [0.3, 0.4) is 0 Å². The number of aliphatic hydroxyl groups excluding tert-OH is 1. The Labute approximate surface area is 82.9 Å². The van der Waals surface area contributed by atoms with E-state index in [1.54, 1.807) is 14.2 Å². The van der Waals surface area contributed by atoms with Gasteiger partial charge in [-0.2, -0.15) is 0 Å². The monoisotopic (exact) mass is 205 g/mol. The van der Waals surface area contributed by atoms with Gasteiger partial charge in [0.2, 0.25) is 0 Å². The van der Waals surface area contributed by atoms with E-state index in [-0.39, 0.29) is 0 Å². The van der Waals surface area contributed by atoms with E-state index >= 15 is 0 Å². The highest BCUT2D eigenvalue weighted by atomic mass is 28.3. The van der Waals surface area contributed by atoms with Gasteiger partial charge in [-0.3, -0.25) is 0 Å². The summed E-state index contributed by atoms with van der Waals surface area (Å²) in [5.41, 5.74) is 0. The van der Waals surface area contributed by atoms with Crippen molar-refractivity contribution in [3.05, 3.63) is 0 Å². The minimum Gasteiger partial charge on any atom is -0.397 e. The molecule has 13 heavy (non-hydrogen) atoms. The fourth-order valence-corrected chi connectivity index (χ4v) is 2.31. The van der Waals surface area contributed by atoms with Crippen molar-refractivity contribution in [3.8, 4) is 0 Å². The Kier molecular flexibility index (Phi) is 10.3. The van der Waals surface area contributed by atoms with E-state index in [9.17, 15) is 0 Å². The third-order valence-electron chi connectivity index (χ3n) is 1.99. The van der Waals surface area contributed by atoms with E-state index in [1.165, 1.54) is 19.3 Å². The molecular weight excluding hydrogens is 184 g/mol. The third-order valence-corrected chi connectivity index (χ3v) is 3.67. The second-order valence-electron chi connectivity index (χ2n) is 3.02. The predicted molar refractivity (Wildman–Crippen MR) is 54.7 cm³/mol. The Morgan fingerprint density at radius 3 is 2.00 bits per heavy atom. The number of aliphatic hydroxyl groups is 1. The van der Waals surface area contributed by atoms with Crippen LogP contribution in [0.25, 0.3) is 0 Å². The Hall–Kier alpha value is 0.0969. The molecule has 0 saturated heterocycles. The molecule has 1 radical (unpaired) electrons. The quantitative estimate of drug-likeness (QED) is 0.460. The zero-order valence-electron chi connectivity index (χ0n) is 8.71. The van der Waals surface area contributed by atoms with Gasteiger partial charge < -0.3 is 14.0 Å². The van der Waals surface area contributed by atoms with Crippen LogP contribution in [-0.2, 0) is 8.85 Å². The maximum atomic E-state index is 8.55. The van der Waals surface area contributed by atoms with Crippen LogP contribution in [0, 0.1) is 0 Å². The average Bonchev–Trinajstić information content (AvgIpc) is 2.17. The van der Waals surface area contributed by atoms with Gasteiger partial charge in [-0.15, -0.1) is 0 Å². The summed E-state index contributed by atoms with van der Waals surface area (Å²) in [4.78, 5) is 0. The lowest BCUT2D eigenvalue weighted by atomic mass is 10.2. The Morgan fingerprint density at radius 2 is 1.46 bits per heavy atom. The van der Waals surface area contributed by atoms with Crippen molar-refractivity contribution < 1.29 is 14.0 Å². The van der Waals surface area contributed by atoms with Gasteiger partial charge in [0.15, 0.2) is 0 Å². The number of hydrogen-bond donors (Lipinski definition) is 1. The van der Waals surface area contributed by atoms with Crippen molar-refractivity contribution in [2.75, 3.05) is 20.8 Å². The molecule has 0 fully saturated rings. The number of unbranched alkanes of at least 4 members (excludes halogenated alkanes) is 4. The summed E-state index contributed by atoms with van der Waals surface area (Å²) >= 11 is 0. The summed E-state index contributed by atoms with van der Waals surface area (Å²) in [7, 11) is 2.46. The lowest BCUT2D eigenvalue weighted by Crippen LogP contribution is -2.18. The Balaban J connectivity index is 3.05. The third kappa shape index (κ3) is 8.43. The first-order valence-corrected chi connectivity index (χ1v) is 6.42. The van der Waals surface area contributed by atoms with E-state index in [0.717, 1.165) is 18.9 Å². The SMILES string of the molecule is CO[Si](CCCCCCCO)OC. The fourth-order valence-electron chi connectivity index (χ4n) is 1.20. The highest BCUT2D eigenvalue weighted by Crippen LogP contribution is 2.08. The molecule has 0 amide bonds. The van der Waals surface area contributed by atoms with Gasteiger partial charge in [0, 0.05) is 20.8 Å². The van der Waals surface area contributed by atoms with Crippen LogP contribution in [0.15, 0.2) is 0 Å². The first-order chi connectivity index (χ1) is 6.35. The second kappa shape index (κ2) is 10.2. The molecule has 0 heterocycles. The van der Waals surface area contributed by atoms with Gasteiger partial charge in [0.05, 0.1) is 0 Å². The van der Waals surface area contributed by atoms with Crippen molar-refractivity contribution in [3.63, 3.8) is 0 Å². The van der Waals surface area contributed by atoms with Gasteiger partial charge in [-0.25, -0.2) is 0 Å². The van der Waals surface area contributed by atoms with Crippen LogP contribution < -0.4 is 0 Å². The molecule has 0 aromatic heterocycles. The molecule has 0 atom stereocenters. The Bertz CT molecular complexity index is 96.9. The van der Waals surface area contributed by atoms with E-state index in [2.05, 4.69) is 0 Å². The molecule has 0 aromatic carbocycles. The molecule has 0 aliphatic heterocycles. The van der Waals surface area contributed by atoms with Gasteiger partial charge >= 0.3 is 9.28 Å². The highest BCUT2D eigenvalue weighted by Gasteiger charge is 2.10. The predicted octanol–water partition coefficient (Wildman–Crippen LogP) is 1.71. The molecule has 0 unspecified atom stereocenters. The van der Waals surface area contributed by atoms with Gasteiger partial charge in [0.25, 0.3) is 0 Å². The molecule has 0 aliphatic carbocycles. The smallest absolute Gasteiger partial charge is 0.384 e. The van der Waals surface area contributed by atoms with Crippen LogP contribution in [0.4, 0.5) is 0 Å². The minimum atomic E-state index is -0.965. The summed E-state index contributed by atoms with van der Waals surface area (Å²) in [5.74, 6) is 0. The summed E-state index contributed by atoms with van der Waals surface area (Å²) in [6.45, 7) is 0.325. The van der Waals surface area contributed by atoms with Crippen LogP contribution in [0.1, 0.15) is 32.1 Å². The standard InChI is InChI=1S/C9H21O3Si/c1-11-13(12-2)9-7-5-3-4-6-8-10/h10H,3-9H2,1-2H3. The topological polar surface area (TPSA) is 38.7 Å². The maximum Gasteiger partial charge on any atom is 0.384 e. The lowest BCUT2D eigenvalue weighted by Gasteiger charge is -2.08. The summed E-state index contributed by atoms with van der Waals surface area (Å²) in [6, 6.07) is 1.07. The van der Waals surface area contributed by atoms with E-state index in [0.29, 0.717) is 6.61 Å².